The lowest BCUT2D eigenvalue weighted by atomic mass is 10.1. The van der Waals surface area contributed by atoms with Crippen molar-refractivity contribution in [3.8, 4) is 11.6 Å². The van der Waals surface area contributed by atoms with E-state index in [0.29, 0.717) is 4.68 Å². The summed E-state index contributed by atoms with van der Waals surface area (Å²) < 4.78 is 44.5. The largest absolute Gasteiger partial charge is 0.436 e. The third-order valence-corrected chi connectivity index (χ3v) is 3.48. The number of carbonyl (C=O) groups is 1. The van der Waals surface area contributed by atoms with Crippen molar-refractivity contribution < 1.29 is 27.6 Å². The minimum Gasteiger partial charge on any atom is -0.436 e. The Labute approximate surface area is 149 Å². The minimum atomic E-state index is -4.75. The summed E-state index contributed by atoms with van der Waals surface area (Å²) in [5, 5.41) is 16.1. The van der Waals surface area contributed by atoms with Gasteiger partial charge < -0.3 is 10.1 Å². The van der Waals surface area contributed by atoms with E-state index in [1.165, 1.54) is 0 Å². The lowest BCUT2D eigenvalue weighted by molar-refractivity contribution is -0.385. The third-order valence-electron chi connectivity index (χ3n) is 3.14. The molecule has 1 amide bonds. The van der Waals surface area contributed by atoms with Crippen LogP contribution in [0.25, 0.3) is 0 Å². The van der Waals surface area contributed by atoms with Crippen molar-refractivity contribution >= 4 is 23.2 Å². The normalized spacial score (nSPS) is 11.3. The summed E-state index contributed by atoms with van der Waals surface area (Å²) in [5.74, 6) is -1.50. The topological polar surface area (TPSA) is 99.3 Å². The first-order chi connectivity index (χ1) is 12.1. The van der Waals surface area contributed by atoms with Gasteiger partial charge in [-0.3, -0.25) is 19.6 Å². The smallest absolute Gasteiger partial charge is 0.434 e. The molecular weight excluding hydrogens is 381 g/mol. The maximum Gasteiger partial charge on any atom is 0.434 e. The number of rotatable bonds is 5. The van der Waals surface area contributed by atoms with Crippen LogP contribution in [0.5, 0.6) is 11.6 Å². The summed E-state index contributed by atoms with van der Waals surface area (Å²) in [5.41, 5.74) is -2.07. The summed E-state index contributed by atoms with van der Waals surface area (Å²) in [7, 11) is 1.03. The number of nitrogens with one attached hydrogen (secondary N) is 1. The molecule has 0 saturated carbocycles. The molecule has 0 fully saturated rings. The summed E-state index contributed by atoms with van der Waals surface area (Å²) in [4.78, 5) is 22.2. The van der Waals surface area contributed by atoms with Crippen LogP contribution >= 0.6 is 11.6 Å². The van der Waals surface area contributed by atoms with Crippen LogP contribution in [0.4, 0.5) is 18.9 Å². The highest BCUT2D eigenvalue weighted by molar-refractivity contribution is 6.32. The van der Waals surface area contributed by atoms with E-state index in [1.807, 2.05) is 0 Å². The molecule has 0 bridgehead atoms. The zero-order chi connectivity index (χ0) is 19.6. The van der Waals surface area contributed by atoms with Gasteiger partial charge in [-0.15, -0.1) is 5.10 Å². The van der Waals surface area contributed by atoms with Crippen LogP contribution in [0, 0.1) is 17.0 Å². The molecule has 139 valence electrons. The van der Waals surface area contributed by atoms with Crippen LogP contribution < -0.4 is 10.1 Å². The highest BCUT2D eigenvalue weighted by atomic mass is 35.5. The standard InChI is InChI=1S/C14H11ClF3N4O4/c1-3-19-12(23)8-6-7(4-5-9(8)22(24)25)26-13-10(15)11(14(16,17)18)21(2)20-13/h4-6H,1,3H2,2H3,(H,19,23). The molecule has 2 rings (SSSR count). The monoisotopic (exact) mass is 391 g/mol. The summed E-state index contributed by atoms with van der Waals surface area (Å²) >= 11 is 5.67. The van der Waals surface area contributed by atoms with Crippen molar-refractivity contribution in [2.24, 2.45) is 7.05 Å². The number of carbonyl (C=O) groups excluding carboxylic acids is 1. The molecule has 26 heavy (non-hydrogen) atoms. The van der Waals surface area contributed by atoms with Crippen molar-refractivity contribution in [1.29, 1.82) is 0 Å². The van der Waals surface area contributed by atoms with Crippen LogP contribution in [0.2, 0.25) is 5.02 Å². The predicted octanol–water partition coefficient (Wildman–Crippen LogP) is 3.36. The van der Waals surface area contributed by atoms with E-state index in [1.54, 1.807) is 0 Å². The molecule has 0 aliphatic rings. The Morgan fingerprint density at radius 2 is 2.15 bits per heavy atom. The number of nitro groups is 1. The molecule has 1 N–H and O–H groups in total. The second-order valence-electron chi connectivity index (χ2n) is 4.88. The van der Waals surface area contributed by atoms with Gasteiger partial charge >= 0.3 is 6.18 Å². The van der Waals surface area contributed by atoms with Gasteiger partial charge in [0.25, 0.3) is 17.5 Å². The molecule has 8 nitrogen and oxygen atoms in total. The Morgan fingerprint density at radius 3 is 2.65 bits per heavy atom. The lowest BCUT2D eigenvalue weighted by Crippen LogP contribution is -2.23. The fourth-order valence-electron chi connectivity index (χ4n) is 2.09. The van der Waals surface area contributed by atoms with Gasteiger partial charge in [-0.25, -0.2) is 0 Å². The highest BCUT2D eigenvalue weighted by Crippen LogP contribution is 2.40. The number of amides is 1. The third kappa shape index (κ3) is 3.87. The lowest BCUT2D eigenvalue weighted by Gasteiger charge is -2.07. The zero-order valence-electron chi connectivity index (χ0n) is 13.1. The van der Waals surface area contributed by atoms with Gasteiger partial charge in [0, 0.05) is 25.7 Å². The van der Waals surface area contributed by atoms with E-state index in [0.717, 1.165) is 25.2 Å². The zero-order valence-corrected chi connectivity index (χ0v) is 13.9. The molecule has 0 aliphatic carbocycles. The van der Waals surface area contributed by atoms with E-state index in [9.17, 15) is 28.1 Å². The van der Waals surface area contributed by atoms with E-state index in [4.69, 9.17) is 16.3 Å². The van der Waals surface area contributed by atoms with Crippen LogP contribution in [0.15, 0.2) is 18.2 Å². The van der Waals surface area contributed by atoms with Crippen LogP contribution in [0.3, 0.4) is 0 Å². The number of hydrogen-bond acceptors (Lipinski definition) is 5. The average molecular weight is 392 g/mol. The van der Waals surface area contributed by atoms with Gasteiger partial charge in [0.1, 0.15) is 16.3 Å². The first-order valence-corrected chi connectivity index (χ1v) is 7.27. The van der Waals surface area contributed by atoms with Gasteiger partial charge in [0.15, 0.2) is 5.69 Å². The Hall–Kier alpha value is -2.82. The van der Waals surface area contributed by atoms with Crippen molar-refractivity contribution in [3.05, 3.63) is 51.5 Å². The first-order valence-electron chi connectivity index (χ1n) is 6.89. The number of nitro benzene ring substituents is 1. The summed E-state index contributed by atoms with van der Waals surface area (Å²) in [6.07, 6.45) is -4.75. The molecule has 0 saturated heterocycles. The van der Waals surface area contributed by atoms with Gasteiger partial charge in [-0.1, -0.05) is 11.6 Å². The molecule has 1 heterocycles. The molecule has 0 aliphatic heterocycles. The molecule has 0 unspecified atom stereocenters. The van der Waals surface area contributed by atoms with Gasteiger partial charge in [-0.05, 0) is 13.0 Å². The van der Waals surface area contributed by atoms with E-state index in [-0.39, 0.29) is 17.9 Å². The number of aromatic nitrogens is 2. The highest BCUT2D eigenvalue weighted by Gasteiger charge is 2.39. The molecule has 2 aromatic rings. The maximum absolute atomic E-state index is 12.9. The van der Waals surface area contributed by atoms with Crippen LogP contribution in [-0.2, 0) is 13.2 Å². The van der Waals surface area contributed by atoms with Crippen molar-refractivity contribution in [2.75, 3.05) is 6.54 Å². The summed E-state index contributed by atoms with van der Waals surface area (Å²) in [6.45, 7) is 3.37. The first kappa shape index (κ1) is 19.5. The number of benzene rings is 1. The second-order valence-corrected chi connectivity index (χ2v) is 5.26. The molecule has 1 aromatic heterocycles. The molecule has 12 heteroatoms. The number of hydrogen-bond donors (Lipinski definition) is 1. The second kappa shape index (κ2) is 7.20. The molecular formula is C14H11ClF3N4O4. The molecule has 0 spiro atoms. The van der Waals surface area contributed by atoms with Crippen molar-refractivity contribution in [3.63, 3.8) is 0 Å². The SMILES string of the molecule is [CH2]CNC(=O)c1cc(Oc2nn(C)c(C(F)(F)F)c2Cl)ccc1[N+](=O)[O-]. The molecule has 1 aromatic carbocycles. The number of halogens is 4. The van der Waals surface area contributed by atoms with Crippen molar-refractivity contribution in [1.82, 2.24) is 15.1 Å². The van der Waals surface area contributed by atoms with Gasteiger partial charge in [0.2, 0.25) is 0 Å². The quantitative estimate of drug-likeness (QED) is 0.622. The Morgan fingerprint density at radius 1 is 1.50 bits per heavy atom. The Bertz CT molecular complexity index is 867. The number of alkyl halides is 3. The van der Waals surface area contributed by atoms with E-state index in [2.05, 4.69) is 17.3 Å². The number of nitrogens with zero attached hydrogens (tertiary/aromatic N) is 3. The van der Waals surface area contributed by atoms with Crippen LogP contribution in [-0.4, -0.2) is 27.2 Å². The fraction of sp³-hybridized carbons (Fsp3) is 0.214. The summed E-state index contributed by atoms with van der Waals surface area (Å²) in [6, 6.07) is 3.09. The van der Waals surface area contributed by atoms with E-state index >= 15 is 0 Å². The van der Waals surface area contributed by atoms with E-state index < -0.39 is 39.3 Å². The molecule has 1 radical (unpaired) electrons. The molecule has 0 atom stereocenters. The van der Waals surface area contributed by atoms with Crippen molar-refractivity contribution in [2.45, 2.75) is 6.18 Å². The maximum atomic E-state index is 12.9. The Kier molecular flexibility index (Phi) is 5.40. The number of ether oxygens (including phenoxy) is 1. The van der Waals surface area contributed by atoms with Gasteiger partial charge in [-0.2, -0.15) is 13.2 Å². The number of aryl methyl sites for hydroxylation is 1. The predicted molar refractivity (Wildman–Crippen MR) is 84.1 cm³/mol. The average Bonchev–Trinajstić information content (AvgIpc) is 2.81. The van der Waals surface area contributed by atoms with Crippen LogP contribution in [0.1, 0.15) is 16.1 Å². The Balaban J connectivity index is 2.44. The minimum absolute atomic E-state index is 0.0257. The van der Waals surface area contributed by atoms with Gasteiger partial charge in [0.05, 0.1) is 4.92 Å². The fourth-order valence-corrected chi connectivity index (χ4v) is 2.39.